The SMILES string of the molecule is CCOCCOc1ccccc1C(=O)Nc1ccc(N(CC)CC)cc1. The van der Waals surface area contributed by atoms with Crippen molar-refractivity contribution in [2.45, 2.75) is 20.8 Å². The van der Waals surface area contributed by atoms with E-state index in [0.717, 1.165) is 24.5 Å². The fourth-order valence-electron chi connectivity index (χ4n) is 2.68. The Morgan fingerprint density at radius 3 is 2.31 bits per heavy atom. The molecule has 0 spiro atoms. The van der Waals surface area contributed by atoms with Crippen molar-refractivity contribution >= 4 is 17.3 Å². The van der Waals surface area contributed by atoms with Gasteiger partial charge in [0.15, 0.2) is 0 Å². The molecule has 0 aliphatic rings. The van der Waals surface area contributed by atoms with Gasteiger partial charge in [0.2, 0.25) is 0 Å². The van der Waals surface area contributed by atoms with Gasteiger partial charge in [0.05, 0.1) is 12.2 Å². The van der Waals surface area contributed by atoms with Crippen LogP contribution in [0.4, 0.5) is 11.4 Å². The Balaban J connectivity index is 2.03. The average Bonchev–Trinajstić information content (AvgIpc) is 2.68. The molecule has 0 aliphatic heterocycles. The van der Waals surface area contributed by atoms with E-state index in [1.165, 1.54) is 0 Å². The maximum Gasteiger partial charge on any atom is 0.259 e. The van der Waals surface area contributed by atoms with Crippen LogP contribution in [0.5, 0.6) is 5.75 Å². The summed E-state index contributed by atoms with van der Waals surface area (Å²) in [4.78, 5) is 14.9. The highest BCUT2D eigenvalue weighted by Gasteiger charge is 2.12. The smallest absolute Gasteiger partial charge is 0.259 e. The summed E-state index contributed by atoms with van der Waals surface area (Å²) in [5.74, 6) is 0.372. The highest BCUT2D eigenvalue weighted by Crippen LogP contribution is 2.21. The molecule has 1 N–H and O–H groups in total. The van der Waals surface area contributed by atoms with E-state index in [4.69, 9.17) is 9.47 Å². The second-order valence-electron chi connectivity index (χ2n) is 5.71. The molecular formula is C21H28N2O3. The lowest BCUT2D eigenvalue weighted by Crippen LogP contribution is -2.21. The first-order chi connectivity index (χ1) is 12.7. The molecule has 0 aliphatic carbocycles. The Kier molecular flexibility index (Phi) is 7.96. The van der Waals surface area contributed by atoms with Gasteiger partial charge in [-0.1, -0.05) is 12.1 Å². The number of carbonyl (C=O) groups is 1. The molecule has 0 unspecified atom stereocenters. The number of rotatable bonds is 10. The van der Waals surface area contributed by atoms with E-state index < -0.39 is 0 Å². The Bertz CT molecular complexity index is 682. The van der Waals surface area contributed by atoms with E-state index in [1.807, 2.05) is 43.3 Å². The molecule has 0 saturated heterocycles. The summed E-state index contributed by atoms with van der Waals surface area (Å²) in [7, 11) is 0. The van der Waals surface area contributed by atoms with E-state index >= 15 is 0 Å². The molecule has 5 nitrogen and oxygen atoms in total. The predicted molar refractivity (Wildman–Crippen MR) is 106 cm³/mol. The van der Waals surface area contributed by atoms with Gasteiger partial charge in [-0.3, -0.25) is 4.79 Å². The molecule has 0 fully saturated rings. The van der Waals surface area contributed by atoms with Crippen molar-refractivity contribution in [1.82, 2.24) is 0 Å². The number of amides is 1. The Morgan fingerprint density at radius 2 is 1.65 bits per heavy atom. The second-order valence-corrected chi connectivity index (χ2v) is 5.71. The van der Waals surface area contributed by atoms with Gasteiger partial charge >= 0.3 is 0 Å². The first-order valence-electron chi connectivity index (χ1n) is 9.15. The summed E-state index contributed by atoms with van der Waals surface area (Å²) in [6.07, 6.45) is 0. The number of ether oxygens (including phenoxy) is 2. The van der Waals surface area contributed by atoms with Crippen molar-refractivity contribution in [3.05, 3.63) is 54.1 Å². The van der Waals surface area contributed by atoms with Gasteiger partial charge in [-0.15, -0.1) is 0 Å². The lowest BCUT2D eigenvalue weighted by Gasteiger charge is -2.21. The first kappa shape index (κ1) is 19.8. The third-order valence-corrected chi connectivity index (χ3v) is 4.07. The maximum absolute atomic E-state index is 12.6. The van der Waals surface area contributed by atoms with Crippen molar-refractivity contribution in [3.63, 3.8) is 0 Å². The highest BCUT2D eigenvalue weighted by molar-refractivity contribution is 6.06. The third-order valence-electron chi connectivity index (χ3n) is 4.07. The molecule has 0 saturated carbocycles. The molecule has 26 heavy (non-hydrogen) atoms. The van der Waals surface area contributed by atoms with Gasteiger partial charge in [-0.2, -0.15) is 0 Å². The topological polar surface area (TPSA) is 50.8 Å². The van der Waals surface area contributed by atoms with E-state index in [0.29, 0.717) is 31.1 Å². The van der Waals surface area contributed by atoms with Crippen molar-refractivity contribution in [2.75, 3.05) is 43.1 Å². The zero-order valence-electron chi connectivity index (χ0n) is 15.8. The second kappa shape index (κ2) is 10.5. The summed E-state index contributed by atoms with van der Waals surface area (Å²) < 4.78 is 11.0. The molecule has 0 bridgehead atoms. The molecule has 2 aromatic carbocycles. The van der Waals surface area contributed by atoms with E-state index in [9.17, 15) is 4.79 Å². The van der Waals surface area contributed by atoms with Crippen molar-refractivity contribution < 1.29 is 14.3 Å². The Morgan fingerprint density at radius 1 is 0.962 bits per heavy atom. The van der Waals surface area contributed by atoms with Crippen LogP contribution in [-0.2, 0) is 4.74 Å². The quantitative estimate of drug-likeness (QED) is 0.648. The Labute approximate surface area is 155 Å². The normalized spacial score (nSPS) is 10.4. The van der Waals surface area contributed by atoms with Gasteiger partial charge in [0, 0.05) is 31.1 Å². The summed E-state index contributed by atoms with van der Waals surface area (Å²) >= 11 is 0. The van der Waals surface area contributed by atoms with Crippen LogP contribution in [0.3, 0.4) is 0 Å². The molecule has 140 valence electrons. The highest BCUT2D eigenvalue weighted by atomic mass is 16.5. The number of benzene rings is 2. The molecular weight excluding hydrogens is 328 g/mol. The van der Waals surface area contributed by atoms with Crippen molar-refractivity contribution in [1.29, 1.82) is 0 Å². The van der Waals surface area contributed by atoms with Crippen molar-refractivity contribution in [2.24, 2.45) is 0 Å². The molecule has 2 aromatic rings. The lowest BCUT2D eigenvalue weighted by molar-refractivity contribution is 0.0998. The number of nitrogens with zero attached hydrogens (tertiary/aromatic N) is 1. The number of hydrogen-bond donors (Lipinski definition) is 1. The minimum absolute atomic E-state index is 0.187. The van der Waals surface area contributed by atoms with E-state index in [-0.39, 0.29) is 5.91 Å². The van der Waals surface area contributed by atoms with Crippen molar-refractivity contribution in [3.8, 4) is 5.75 Å². The minimum Gasteiger partial charge on any atom is -0.490 e. The third kappa shape index (κ3) is 5.49. The van der Waals surface area contributed by atoms with E-state index in [1.54, 1.807) is 12.1 Å². The van der Waals surface area contributed by atoms with Gasteiger partial charge in [0.25, 0.3) is 5.91 Å². The monoisotopic (exact) mass is 356 g/mol. The number of para-hydroxylation sites is 1. The first-order valence-corrected chi connectivity index (χ1v) is 9.15. The summed E-state index contributed by atoms with van der Waals surface area (Å²) in [6.45, 7) is 9.66. The molecule has 1 amide bonds. The van der Waals surface area contributed by atoms with Gasteiger partial charge < -0.3 is 19.7 Å². The number of anilines is 2. The van der Waals surface area contributed by atoms with Crippen LogP contribution in [0.1, 0.15) is 31.1 Å². The lowest BCUT2D eigenvalue weighted by atomic mass is 10.1. The van der Waals surface area contributed by atoms with Crippen LogP contribution in [-0.4, -0.2) is 38.8 Å². The molecule has 0 radical (unpaired) electrons. The Hall–Kier alpha value is -2.53. The molecule has 0 atom stereocenters. The number of hydrogen-bond acceptors (Lipinski definition) is 4. The summed E-state index contributed by atoms with van der Waals surface area (Å²) in [5, 5.41) is 2.93. The van der Waals surface area contributed by atoms with Crippen LogP contribution >= 0.6 is 0 Å². The zero-order chi connectivity index (χ0) is 18.8. The summed E-state index contributed by atoms with van der Waals surface area (Å²) in [6, 6.07) is 15.1. The average molecular weight is 356 g/mol. The minimum atomic E-state index is -0.187. The summed E-state index contributed by atoms with van der Waals surface area (Å²) in [5.41, 5.74) is 2.42. The number of carbonyl (C=O) groups excluding carboxylic acids is 1. The fourth-order valence-corrected chi connectivity index (χ4v) is 2.68. The van der Waals surface area contributed by atoms with Gasteiger partial charge in [0.1, 0.15) is 12.4 Å². The largest absolute Gasteiger partial charge is 0.490 e. The van der Waals surface area contributed by atoms with Crippen LogP contribution in [0.25, 0.3) is 0 Å². The zero-order valence-corrected chi connectivity index (χ0v) is 15.8. The fraction of sp³-hybridized carbons (Fsp3) is 0.381. The van der Waals surface area contributed by atoms with Crippen LogP contribution in [0.15, 0.2) is 48.5 Å². The maximum atomic E-state index is 12.6. The number of nitrogens with one attached hydrogen (secondary N) is 1. The molecule has 0 aromatic heterocycles. The van der Waals surface area contributed by atoms with Crippen LogP contribution in [0, 0.1) is 0 Å². The van der Waals surface area contributed by atoms with Gasteiger partial charge in [-0.25, -0.2) is 0 Å². The van der Waals surface area contributed by atoms with E-state index in [2.05, 4.69) is 24.1 Å². The van der Waals surface area contributed by atoms with Crippen LogP contribution < -0.4 is 15.0 Å². The molecule has 5 heteroatoms. The molecule has 0 heterocycles. The van der Waals surface area contributed by atoms with Crippen LogP contribution in [0.2, 0.25) is 0 Å². The molecule has 2 rings (SSSR count). The van der Waals surface area contributed by atoms with Gasteiger partial charge in [-0.05, 0) is 57.2 Å². The predicted octanol–water partition coefficient (Wildman–Crippen LogP) is 4.20. The standard InChI is InChI=1S/C21H28N2O3/c1-4-23(5-2)18-13-11-17(12-14-18)22-21(24)19-9-7-8-10-20(19)26-16-15-25-6-3/h7-14H,4-6,15-16H2,1-3H3,(H,22,24).